The smallest absolute Gasteiger partial charge is 0.277 e. The molecule has 0 saturated heterocycles. The number of sulfonamides is 1. The molecule has 118 valence electrons. The van der Waals surface area contributed by atoms with Gasteiger partial charge in [0.1, 0.15) is 16.4 Å². The summed E-state index contributed by atoms with van der Waals surface area (Å²) < 4.78 is 61.0. The Morgan fingerprint density at radius 2 is 1.81 bits per heavy atom. The summed E-state index contributed by atoms with van der Waals surface area (Å²) in [4.78, 5) is 8.72. The molecule has 0 bridgehead atoms. The van der Waals surface area contributed by atoms with Crippen LogP contribution in [0.15, 0.2) is 17.0 Å². The van der Waals surface area contributed by atoms with Gasteiger partial charge in [-0.25, -0.2) is 21.2 Å². The number of nitro groups is 1. The first-order chi connectivity index (χ1) is 9.36. The van der Waals surface area contributed by atoms with E-state index in [4.69, 9.17) is 10.7 Å². The molecule has 1 aromatic rings. The average molecular weight is 361 g/mol. The Morgan fingerprint density at radius 3 is 2.19 bits per heavy atom. The highest BCUT2D eigenvalue weighted by Gasteiger charge is 2.27. The van der Waals surface area contributed by atoms with Crippen LogP contribution in [0.2, 0.25) is 0 Å². The normalized spacial score (nSPS) is 12.4. The van der Waals surface area contributed by atoms with Gasteiger partial charge in [-0.15, -0.1) is 0 Å². The SMILES string of the molecule is CC(C)S(=O)(=O)Nc1cc(F)c(S(=O)(=O)Cl)cc1[N+](=O)[O-]. The van der Waals surface area contributed by atoms with Crippen LogP contribution in [0.25, 0.3) is 0 Å². The van der Waals surface area contributed by atoms with Crippen LogP contribution in [0, 0.1) is 15.9 Å². The summed E-state index contributed by atoms with van der Waals surface area (Å²) in [5.74, 6) is -1.41. The predicted molar refractivity (Wildman–Crippen MR) is 73.8 cm³/mol. The Labute approximate surface area is 124 Å². The molecule has 8 nitrogen and oxygen atoms in total. The second-order valence-electron chi connectivity index (χ2n) is 4.19. The first-order valence-electron chi connectivity index (χ1n) is 5.30. The number of rotatable bonds is 5. The fraction of sp³-hybridized carbons (Fsp3) is 0.333. The molecule has 0 heterocycles. The molecule has 0 aromatic heterocycles. The molecule has 1 aromatic carbocycles. The predicted octanol–water partition coefficient (Wildman–Crippen LogP) is 1.81. The molecule has 0 aliphatic carbocycles. The number of halogens is 2. The third kappa shape index (κ3) is 4.02. The molecule has 21 heavy (non-hydrogen) atoms. The van der Waals surface area contributed by atoms with E-state index < -0.39 is 51.3 Å². The monoisotopic (exact) mass is 360 g/mol. The number of nitrogens with one attached hydrogen (secondary N) is 1. The van der Waals surface area contributed by atoms with Crippen molar-refractivity contribution in [2.24, 2.45) is 0 Å². The Balaban J connectivity index is 3.55. The van der Waals surface area contributed by atoms with Crippen molar-refractivity contribution in [1.82, 2.24) is 0 Å². The van der Waals surface area contributed by atoms with Crippen molar-refractivity contribution in [3.8, 4) is 0 Å². The van der Waals surface area contributed by atoms with Crippen LogP contribution in [0.5, 0.6) is 0 Å². The summed E-state index contributed by atoms with van der Waals surface area (Å²) in [5.41, 5.74) is -1.62. The Hall–Kier alpha value is -1.46. The number of benzene rings is 1. The van der Waals surface area contributed by atoms with Gasteiger partial charge >= 0.3 is 0 Å². The molecule has 0 aliphatic heterocycles. The second-order valence-corrected chi connectivity index (χ2v) is 8.96. The van der Waals surface area contributed by atoms with Crippen molar-refractivity contribution in [3.05, 3.63) is 28.1 Å². The molecular formula is C9H10ClFN2O6S2. The minimum absolute atomic E-state index is 0.357. The van der Waals surface area contributed by atoms with E-state index in [-0.39, 0.29) is 0 Å². The van der Waals surface area contributed by atoms with Crippen molar-refractivity contribution in [1.29, 1.82) is 0 Å². The number of anilines is 1. The maximum Gasteiger partial charge on any atom is 0.294 e. The molecule has 0 unspecified atom stereocenters. The van der Waals surface area contributed by atoms with Crippen LogP contribution in [0.4, 0.5) is 15.8 Å². The maximum absolute atomic E-state index is 13.6. The summed E-state index contributed by atoms with van der Waals surface area (Å²) in [7, 11) is -3.58. The largest absolute Gasteiger partial charge is 0.294 e. The van der Waals surface area contributed by atoms with Crippen LogP contribution >= 0.6 is 10.7 Å². The van der Waals surface area contributed by atoms with Gasteiger partial charge in [-0.05, 0) is 13.8 Å². The number of hydrogen-bond donors (Lipinski definition) is 1. The van der Waals surface area contributed by atoms with E-state index in [9.17, 15) is 31.3 Å². The van der Waals surface area contributed by atoms with Crippen molar-refractivity contribution in [3.63, 3.8) is 0 Å². The molecule has 1 rings (SSSR count). The lowest BCUT2D eigenvalue weighted by molar-refractivity contribution is -0.384. The summed E-state index contributed by atoms with van der Waals surface area (Å²) in [5, 5.41) is 9.94. The highest BCUT2D eigenvalue weighted by molar-refractivity contribution is 8.13. The van der Waals surface area contributed by atoms with Crippen LogP contribution in [0.3, 0.4) is 0 Å². The first kappa shape index (κ1) is 17.6. The van der Waals surface area contributed by atoms with Crippen LogP contribution in [0.1, 0.15) is 13.8 Å². The third-order valence-corrected chi connectivity index (χ3v) is 5.46. The first-order valence-corrected chi connectivity index (χ1v) is 9.16. The van der Waals surface area contributed by atoms with Crippen LogP contribution in [-0.2, 0) is 19.1 Å². The lowest BCUT2D eigenvalue weighted by Crippen LogP contribution is -2.23. The molecule has 1 N–H and O–H groups in total. The van der Waals surface area contributed by atoms with Crippen molar-refractivity contribution in [2.75, 3.05) is 4.72 Å². The topological polar surface area (TPSA) is 123 Å². The van der Waals surface area contributed by atoms with Crippen LogP contribution < -0.4 is 4.72 Å². The van der Waals surface area contributed by atoms with E-state index in [1.54, 1.807) is 0 Å². The van der Waals surface area contributed by atoms with E-state index >= 15 is 0 Å². The Bertz CT molecular complexity index is 791. The van der Waals surface area contributed by atoms with E-state index in [1.807, 2.05) is 4.72 Å². The van der Waals surface area contributed by atoms with E-state index in [2.05, 4.69) is 0 Å². The van der Waals surface area contributed by atoms with Crippen molar-refractivity contribution in [2.45, 2.75) is 24.0 Å². The average Bonchev–Trinajstić information content (AvgIpc) is 2.25. The van der Waals surface area contributed by atoms with E-state index in [1.165, 1.54) is 13.8 Å². The molecule has 0 amide bonds. The van der Waals surface area contributed by atoms with Gasteiger partial charge in [-0.1, -0.05) is 0 Å². The van der Waals surface area contributed by atoms with Gasteiger partial charge in [-0.3, -0.25) is 14.8 Å². The zero-order valence-corrected chi connectivity index (χ0v) is 13.1. The Morgan fingerprint density at radius 1 is 1.29 bits per heavy atom. The van der Waals surface area contributed by atoms with Gasteiger partial charge in [0.05, 0.1) is 10.2 Å². The molecule has 0 aliphatic rings. The minimum Gasteiger partial charge on any atom is -0.277 e. The summed E-state index contributed by atoms with van der Waals surface area (Å²) >= 11 is 0. The van der Waals surface area contributed by atoms with Crippen LogP contribution in [-0.4, -0.2) is 27.0 Å². The van der Waals surface area contributed by atoms with Crippen molar-refractivity contribution < 1.29 is 26.1 Å². The van der Waals surface area contributed by atoms with Gasteiger partial charge < -0.3 is 0 Å². The summed E-state index contributed by atoms with van der Waals surface area (Å²) in [6.07, 6.45) is 0. The Kier molecular flexibility index (Phi) is 4.80. The van der Waals surface area contributed by atoms with Gasteiger partial charge in [0.25, 0.3) is 14.7 Å². The summed E-state index contributed by atoms with van der Waals surface area (Å²) in [6, 6.07) is 0.753. The fourth-order valence-electron chi connectivity index (χ4n) is 1.23. The molecule has 0 atom stereocenters. The highest BCUT2D eigenvalue weighted by atomic mass is 35.7. The zero-order valence-electron chi connectivity index (χ0n) is 10.7. The lowest BCUT2D eigenvalue weighted by atomic mass is 10.2. The van der Waals surface area contributed by atoms with Gasteiger partial charge in [0, 0.05) is 22.8 Å². The molecular weight excluding hydrogens is 351 g/mol. The van der Waals surface area contributed by atoms with E-state index in [0.717, 1.165) is 0 Å². The molecule has 0 radical (unpaired) electrons. The lowest BCUT2D eigenvalue weighted by Gasteiger charge is -2.11. The van der Waals surface area contributed by atoms with Crippen molar-refractivity contribution >= 4 is 41.1 Å². The van der Waals surface area contributed by atoms with Gasteiger partial charge in [0.2, 0.25) is 10.0 Å². The zero-order chi connectivity index (χ0) is 16.6. The van der Waals surface area contributed by atoms with Gasteiger partial charge in [-0.2, -0.15) is 0 Å². The third-order valence-electron chi connectivity index (χ3n) is 2.38. The molecule has 0 spiro atoms. The maximum atomic E-state index is 13.6. The standard InChI is InChI=1S/C9H10ClFN2O6S2/c1-5(2)21(18,19)12-7-3-6(11)9(20(10,16)17)4-8(7)13(14)15/h3-5,12H,1-2H3. The number of hydrogen-bond acceptors (Lipinski definition) is 6. The molecule has 12 heteroatoms. The molecule has 0 fully saturated rings. The number of nitrogens with zero attached hydrogens (tertiary/aromatic N) is 1. The molecule has 0 saturated carbocycles. The second kappa shape index (κ2) is 5.73. The minimum atomic E-state index is -4.55. The van der Waals surface area contributed by atoms with Gasteiger partial charge in [0.15, 0.2) is 0 Å². The van der Waals surface area contributed by atoms with E-state index in [0.29, 0.717) is 12.1 Å². The quantitative estimate of drug-likeness (QED) is 0.485. The summed E-state index contributed by atoms with van der Waals surface area (Å²) in [6.45, 7) is 2.62. The highest BCUT2D eigenvalue weighted by Crippen LogP contribution is 2.32. The fourth-order valence-corrected chi connectivity index (χ4v) is 2.84. The number of nitro benzene ring substituents is 1.